The molecule has 0 amide bonds. The fraction of sp³-hybridized carbons (Fsp3) is 0.0667. The smallest absolute Gasteiger partial charge is 0.153 e. The topological polar surface area (TPSA) is 35.0 Å². The number of rotatable bonds is 2. The molecule has 0 spiro atoms. The normalized spacial score (nSPS) is 10.5. The Balaban J connectivity index is 2.11. The molecule has 3 aromatic rings. The summed E-state index contributed by atoms with van der Waals surface area (Å²) in [4.78, 5) is 8.35. The molecule has 0 unspecified atom stereocenters. The monoisotopic (exact) mass is 236 g/mol. The van der Waals surface area contributed by atoms with Crippen molar-refractivity contribution in [2.24, 2.45) is 0 Å². The van der Waals surface area contributed by atoms with Crippen LogP contribution in [0.2, 0.25) is 0 Å². The van der Waals surface area contributed by atoms with E-state index in [9.17, 15) is 0 Å². The van der Waals surface area contributed by atoms with Crippen LogP contribution < -0.4 is 4.74 Å². The summed E-state index contributed by atoms with van der Waals surface area (Å²) >= 11 is 0. The molecule has 0 aliphatic carbocycles. The van der Waals surface area contributed by atoms with Crippen molar-refractivity contribution in [3.63, 3.8) is 0 Å². The number of pyridine rings is 2. The Morgan fingerprint density at radius 2 is 1.83 bits per heavy atom. The highest BCUT2D eigenvalue weighted by Crippen LogP contribution is 2.29. The minimum Gasteiger partial charge on any atom is -0.455 e. The number of fused-ring (bicyclic) bond motifs is 1. The maximum absolute atomic E-state index is 5.87. The van der Waals surface area contributed by atoms with E-state index in [1.807, 2.05) is 37.3 Å². The zero-order valence-corrected chi connectivity index (χ0v) is 10.00. The lowest BCUT2D eigenvalue weighted by molar-refractivity contribution is 0.486. The van der Waals surface area contributed by atoms with Crippen LogP contribution in [0.1, 0.15) is 5.56 Å². The van der Waals surface area contributed by atoms with Crippen LogP contribution in [-0.2, 0) is 0 Å². The fourth-order valence-corrected chi connectivity index (χ4v) is 1.91. The van der Waals surface area contributed by atoms with Crippen molar-refractivity contribution in [1.82, 2.24) is 9.97 Å². The largest absolute Gasteiger partial charge is 0.455 e. The van der Waals surface area contributed by atoms with Gasteiger partial charge in [-0.25, -0.2) is 0 Å². The van der Waals surface area contributed by atoms with Gasteiger partial charge in [-0.2, -0.15) is 0 Å². The number of ether oxygens (including phenoxy) is 1. The van der Waals surface area contributed by atoms with E-state index in [-0.39, 0.29) is 0 Å². The first-order chi connectivity index (χ1) is 8.83. The van der Waals surface area contributed by atoms with E-state index in [0.29, 0.717) is 0 Å². The van der Waals surface area contributed by atoms with E-state index < -0.39 is 0 Å². The average molecular weight is 236 g/mol. The molecule has 0 radical (unpaired) electrons. The Bertz CT molecular complexity index is 680. The highest BCUT2D eigenvalue weighted by molar-refractivity contribution is 5.85. The number of benzene rings is 1. The number of hydrogen-bond acceptors (Lipinski definition) is 3. The summed E-state index contributed by atoms with van der Waals surface area (Å²) in [6.45, 7) is 2.05. The summed E-state index contributed by atoms with van der Waals surface area (Å²) in [6, 6.07) is 11.7. The van der Waals surface area contributed by atoms with Gasteiger partial charge in [0.15, 0.2) is 5.75 Å². The van der Waals surface area contributed by atoms with Gasteiger partial charge in [-0.15, -0.1) is 0 Å². The molecule has 18 heavy (non-hydrogen) atoms. The van der Waals surface area contributed by atoms with Crippen LogP contribution in [-0.4, -0.2) is 9.97 Å². The SMILES string of the molecule is Cc1cc(Oc2ccncc2)c2ncccc2c1. The summed E-state index contributed by atoms with van der Waals surface area (Å²) in [7, 11) is 0. The molecule has 3 nitrogen and oxygen atoms in total. The van der Waals surface area contributed by atoms with Gasteiger partial charge in [0.1, 0.15) is 11.3 Å². The first-order valence-corrected chi connectivity index (χ1v) is 5.76. The van der Waals surface area contributed by atoms with Gasteiger partial charge in [-0.1, -0.05) is 6.07 Å². The Labute approximate surface area is 105 Å². The van der Waals surface area contributed by atoms with Crippen LogP contribution in [0.15, 0.2) is 55.0 Å². The fourth-order valence-electron chi connectivity index (χ4n) is 1.91. The second-order valence-electron chi connectivity index (χ2n) is 4.12. The highest BCUT2D eigenvalue weighted by Gasteiger charge is 2.05. The third-order valence-corrected chi connectivity index (χ3v) is 2.69. The van der Waals surface area contributed by atoms with Gasteiger partial charge < -0.3 is 4.74 Å². The Morgan fingerprint density at radius 3 is 2.67 bits per heavy atom. The molecule has 88 valence electrons. The molecule has 0 N–H and O–H groups in total. The van der Waals surface area contributed by atoms with Crippen molar-refractivity contribution in [3.05, 3.63) is 60.6 Å². The lowest BCUT2D eigenvalue weighted by Gasteiger charge is -2.09. The second-order valence-corrected chi connectivity index (χ2v) is 4.12. The zero-order chi connectivity index (χ0) is 12.4. The van der Waals surface area contributed by atoms with Crippen LogP contribution >= 0.6 is 0 Å². The van der Waals surface area contributed by atoms with Crippen LogP contribution in [0.3, 0.4) is 0 Å². The number of nitrogens with zero attached hydrogens (tertiary/aromatic N) is 2. The predicted molar refractivity (Wildman–Crippen MR) is 70.8 cm³/mol. The van der Waals surface area contributed by atoms with Crippen LogP contribution in [0, 0.1) is 6.92 Å². The third-order valence-electron chi connectivity index (χ3n) is 2.69. The summed E-state index contributed by atoms with van der Waals surface area (Å²) in [6.07, 6.45) is 5.19. The van der Waals surface area contributed by atoms with Crippen LogP contribution in [0.5, 0.6) is 11.5 Å². The summed E-state index contributed by atoms with van der Waals surface area (Å²) in [5.41, 5.74) is 2.03. The van der Waals surface area contributed by atoms with E-state index in [4.69, 9.17) is 4.74 Å². The van der Waals surface area contributed by atoms with Crippen molar-refractivity contribution in [2.75, 3.05) is 0 Å². The minimum atomic E-state index is 0.766. The molecule has 0 saturated carbocycles. The predicted octanol–water partition coefficient (Wildman–Crippen LogP) is 3.73. The van der Waals surface area contributed by atoms with E-state index in [2.05, 4.69) is 16.0 Å². The summed E-state index contributed by atoms with van der Waals surface area (Å²) in [5, 5.41) is 1.08. The molecule has 1 aromatic carbocycles. The molecule has 0 saturated heterocycles. The number of aryl methyl sites for hydroxylation is 1. The van der Waals surface area contributed by atoms with Gasteiger partial charge >= 0.3 is 0 Å². The van der Waals surface area contributed by atoms with E-state index in [1.165, 1.54) is 0 Å². The van der Waals surface area contributed by atoms with E-state index in [1.54, 1.807) is 18.6 Å². The number of aromatic nitrogens is 2. The van der Waals surface area contributed by atoms with Gasteiger partial charge in [-0.3, -0.25) is 9.97 Å². The molecule has 0 aliphatic heterocycles. The molecular formula is C15H12N2O. The lowest BCUT2D eigenvalue weighted by Crippen LogP contribution is -1.89. The first-order valence-electron chi connectivity index (χ1n) is 5.76. The van der Waals surface area contributed by atoms with Crippen molar-refractivity contribution in [1.29, 1.82) is 0 Å². The van der Waals surface area contributed by atoms with Crippen molar-refractivity contribution >= 4 is 10.9 Å². The van der Waals surface area contributed by atoms with Crippen molar-refractivity contribution < 1.29 is 4.74 Å². The third kappa shape index (κ3) is 2.02. The molecule has 0 bridgehead atoms. The lowest BCUT2D eigenvalue weighted by atomic mass is 10.1. The molecule has 0 atom stereocenters. The van der Waals surface area contributed by atoms with Gasteiger partial charge in [0.2, 0.25) is 0 Å². The van der Waals surface area contributed by atoms with Crippen molar-refractivity contribution in [3.8, 4) is 11.5 Å². The minimum absolute atomic E-state index is 0.766. The molecule has 2 aromatic heterocycles. The van der Waals surface area contributed by atoms with Gasteiger partial charge in [0.25, 0.3) is 0 Å². The molecule has 0 fully saturated rings. The van der Waals surface area contributed by atoms with Crippen LogP contribution in [0.4, 0.5) is 0 Å². The molecule has 3 rings (SSSR count). The highest BCUT2D eigenvalue weighted by atomic mass is 16.5. The maximum atomic E-state index is 5.87. The number of hydrogen-bond donors (Lipinski definition) is 0. The maximum Gasteiger partial charge on any atom is 0.153 e. The van der Waals surface area contributed by atoms with E-state index >= 15 is 0 Å². The van der Waals surface area contributed by atoms with E-state index in [0.717, 1.165) is 28.0 Å². The van der Waals surface area contributed by atoms with Crippen molar-refractivity contribution in [2.45, 2.75) is 6.92 Å². The summed E-state index contributed by atoms with van der Waals surface area (Å²) < 4.78 is 5.87. The molecular weight excluding hydrogens is 224 g/mol. The molecule has 2 heterocycles. The molecule has 3 heteroatoms. The Hall–Kier alpha value is -2.42. The Kier molecular flexibility index (Phi) is 2.65. The summed E-state index contributed by atoms with van der Waals surface area (Å²) in [5.74, 6) is 1.54. The van der Waals surface area contributed by atoms with Gasteiger partial charge in [0.05, 0.1) is 0 Å². The quantitative estimate of drug-likeness (QED) is 0.680. The van der Waals surface area contributed by atoms with Gasteiger partial charge in [0, 0.05) is 24.0 Å². The van der Waals surface area contributed by atoms with Crippen LogP contribution in [0.25, 0.3) is 10.9 Å². The Morgan fingerprint density at radius 1 is 1.00 bits per heavy atom. The average Bonchev–Trinajstić information content (AvgIpc) is 2.40. The zero-order valence-electron chi connectivity index (χ0n) is 10.00. The second kappa shape index (κ2) is 4.45. The first kappa shape index (κ1) is 10.7. The van der Waals surface area contributed by atoms with Gasteiger partial charge in [-0.05, 0) is 42.8 Å². The molecule has 0 aliphatic rings. The standard InChI is InChI=1S/C15H12N2O/c1-11-9-12-3-2-6-17-15(12)14(10-11)18-13-4-7-16-8-5-13/h2-10H,1H3.